The Bertz CT molecular complexity index is 981. The van der Waals surface area contributed by atoms with Gasteiger partial charge in [0.25, 0.3) is 5.91 Å². The van der Waals surface area contributed by atoms with Crippen LogP contribution < -0.4 is 10.0 Å². The van der Waals surface area contributed by atoms with E-state index in [9.17, 15) is 13.2 Å². The molecule has 5 nitrogen and oxygen atoms in total. The normalized spacial score (nSPS) is 15.7. The van der Waals surface area contributed by atoms with E-state index in [1.54, 1.807) is 18.2 Å². The van der Waals surface area contributed by atoms with Crippen molar-refractivity contribution >= 4 is 54.4 Å². The van der Waals surface area contributed by atoms with Gasteiger partial charge < -0.3 is 5.32 Å². The number of allylic oxidation sites excluding steroid dienone is 1. The van der Waals surface area contributed by atoms with E-state index in [0.717, 1.165) is 33.1 Å². The van der Waals surface area contributed by atoms with Crippen LogP contribution in [-0.2, 0) is 14.8 Å². The fourth-order valence-electron chi connectivity index (χ4n) is 2.69. The summed E-state index contributed by atoms with van der Waals surface area (Å²) in [6.45, 7) is 1.85. The van der Waals surface area contributed by atoms with Crippen LogP contribution in [0.1, 0.15) is 18.1 Å². The molecule has 7 heteroatoms. The van der Waals surface area contributed by atoms with Crippen LogP contribution in [-0.4, -0.2) is 20.6 Å². The summed E-state index contributed by atoms with van der Waals surface area (Å²) in [5.41, 5.74) is 4.20. The van der Waals surface area contributed by atoms with Gasteiger partial charge >= 0.3 is 0 Å². The van der Waals surface area contributed by atoms with E-state index in [0.29, 0.717) is 11.3 Å². The number of sulfonamides is 1. The van der Waals surface area contributed by atoms with E-state index in [2.05, 4.69) is 26.0 Å². The molecule has 0 aromatic heterocycles. The molecule has 0 spiro atoms. The van der Waals surface area contributed by atoms with Crippen molar-refractivity contribution < 1.29 is 13.2 Å². The molecule has 0 saturated carbocycles. The maximum absolute atomic E-state index is 12.4. The van der Waals surface area contributed by atoms with Gasteiger partial charge in [-0.15, -0.1) is 0 Å². The van der Waals surface area contributed by atoms with Crippen LogP contribution >= 0.6 is 15.9 Å². The molecule has 1 heterocycles. The molecule has 2 N–H and O–H groups in total. The Morgan fingerprint density at radius 2 is 1.92 bits per heavy atom. The monoisotopic (exact) mass is 406 g/mol. The van der Waals surface area contributed by atoms with Crippen LogP contribution in [0.4, 0.5) is 11.4 Å². The molecule has 2 aromatic rings. The predicted octanol–water partition coefficient (Wildman–Crippen LogP) is 3.70. The lowest BCUT2D eigenvalue weighted by Crippen LogP contribution is -2.09. The molecule has 0 radical (unpaired) electrons. The maximum Gasteiger partial charge on any atom is 0.256 e. The lowest BCUT2D eigenvalue weighted by atomic mass is 9.96. The SMILES string of the molecule is C/C(=C1\C(=O)Nc2ccc(Br)cc21)c1cccc(NS(C)(=O)=O)c1. The largest absolute Gasteiger partial charge is 0.321 e. The van der Waals surface area contributed by atoms with Gasteiger partial charge in [-0.1, -0.05) is 28.1 Å². The first-order valence-corrected chi connectivity index (χ1v) is 9.83. The summed E-state index contributed by atoms with van der Waals surface area (Å²) in [6.07, 6.45) is 1.10. The number of fused-ring (bicyclic) bond motifs is 1. The molecule has 0 aliphatic carbocycles. The summed E-state index contributed by atoms with van der Waals surface area (Å²) in [5, 5.41) is 2.85. The topological polar surface area (TPSA) is 75.3 Å². The Kier molecular flexibility index (Phi) is 4.23. The van der Waals surface area contributed by atoms with Crippen LogP contribution in [0.25, 0.3) is 11.1 Å². The average molecular weight is 407 g/mol. The minimum absolute atomic E-state index is 0.165. The van der Waals surface area contributed by atoms with Crippen molar-refractivity contribution in [1.29, 1.82) is 0 Å². The highest BCUT2D eigenvalue weighted by Gasteiger charge is 2.26. The van der Waals surface area contributed by atoms with Crippen LogP contribution in [0.2, 0.25) is 0 Å². The predicted molar refractivity (Wildman–Crippen MR) is 100 cm³/mol. The van der Waals surface area contributed by atoms with Crippen LogP contribution in [0, 0.1) is 0 Å². The molecule has 0 saturated heterocycles. The molecule has 124 valence electrons. The second kappa shape index (κ2) is 6.07. The molecular formula is C17H15BrN2O3S. The first-order valence-electron chi connectivity index (χ1n) is 7.15. The second-order valence-corrected chi connectivity index (χ2v) is 8.26. The van der Waals surface area contributed by atoms with Crippen LogP contribution in [0.3, 0.4) is 0 Å². The number of hydrogen-bond donors (Lipinski definition) is 2. The minimum Gasteiger partial charge on any atom is -0.321 e. The first-order chi connectivity index (χ1) is 11.2. The maximum atomic E-state index is 12.4. The minimum atomic E-state index is -3.36. The third-order valence-electron chi connectivity index (χ3n) is 3.70. The fraction of sp³-hybridized carbons (Fsp3) is 0.118. The van der Waals surface area contributed by atoms with Gasteiger partial charge in [0.15, 0.2) is 0 Å². The molecule has 1 amide bonds. The Morgan fingerprint density at radius 1 is 1.17 bits per heavy atom. The van der Waals surface area contributed by atoms with Gasteiger partial charge in [0, 0.05) is 21.4 Å². The second-order valence-electron chi connectivity index (χ2n) is 5.60. The van der Waals surface area contributed by atoms with Gasteiger partial charge in [-0.25, -0.2) is 8.42 Å². The van der Waals surface area contributed by atoms with Gasteiger partial charge in [-0.05, 0) is 48.4 Å². The molecular weight excluding hydrogens is 392 g/mol. The summed E-state index contributed by atoms with van der Waals surface area (Å²) < 4.78 is 26.1. The lowest BCUT2D eigenvalue weighted by Gasteiger charge is -2.09. The van der Waals surface area contributed by atoms with Crippen molar-refractivity contribution in [2.24, 2.45) is 0 Å². The zero-order valence-electron chi connectivity index (χ0n) is 13.1. The third-order valence-corrected chi connectivity index (χ3v) is 4.80. The van der Waals surface area contributed by atoms with Crippen molar-refractivity contribution in [2.45, 2.75) is 6.92 Å². The molecule has 0 fully saturated rings. The quantitative estimate of drug-likeness (QED) is 0.762. The lowest BCUT2D eigenvalue weighted by molar-refractivity contribution is -0.110. The molecule has 0 atom stereocenters. The molecule has 1 aliphatic heterocycles. The zero-order valence-corrected chi connectivity index (χ0v) is 15.5. The highest BCUT2D eigenvalue weighted by atomic mass is 79.9. The summed E-state index contributed by atoms with van der Waals surface area (Å²) in [6, 6.07) is 12.6. The number of carbonyl (C=O) groups excluding carboxylic acids is 1. The van der Waals surface area contributed by atoms with Gasteiger partial charge in [-0.2, -0.15) is 0 Å². The van der Waals surface area contributed by atoms with Gasteiger partial charge in [-0.3, -0.25) is 9.52 Å². The highest BCUT2D eigenvalue weighted by Crippen LogP contribution is 2.38. The molecule has 0 unspecified atom stereocenters. The van der Waals surface area contributed by atoms with Crippen molar-refractivity contribution in [3.63, 3.8) is 0 Å². The highest BCUT2D eigenvalue weighted by molar-refractivity contribution is 9.10. The van der Waals surface area contributed by atoms with Gasteiger partial charge in [0.1, 0.15) is 0 Å². The number of rotatable bonds is 3. The average Bonchev–Trinajstić information content (AvgIpc) is 2.80. The van der Waals surface area contributed by atoms with Crippen LogP contribution in [0.5, 0.6) is 0 Å². The molecule has 24 heavy (non-hydrogen) atoms. The van der Waals surface area contributed by atoms with E-state index in [1.165, 1.54) is 0 Å². The van der Waals surface area contributed by atoms with E-state index in [1.807, 2.05) is 31.2 Å². The third kappa shape index (κ3) is 3.37. The standard InChI is InChI=1S/C17H15BrN2O3S/c1-10(11-4-3-5-13(8-11)20-24(2,22)23)16-14-9-12(18)6-7-15(14)19-17(16)21/h3-9,20H,1-2H3,(H,19,21)/b16-10+. The number of benzene rings is 2. The number of anilines is 2. The number of nitrogens with one attached hydrogen (secondary N) is 2. The first kappa shape index (κ1) is 16.7. The van der Waals surface area contributed by atoms with Crippen LogP contribution in [0.15, 0.2) is 46.9 Å². The molecule has 2 aromatic carbocycles. The van der Waals surface area contributed by atoms with Crippen molar-refractivity contribution in [3.8, 4) is 0 Å². The van der Waals surface area contributed by atoms with Crippen molar-refractivity contribution in [1.82, 2.24) is 0 Å². The summed E-state index contributed by atoms with van der Waals surface area (Å²) in [4.78, 5) is 12.4. The van der Waals surface area contributed by atoms with Crippen molar-refractivity contribution in [2.75, 3.05) is 16.3 Å². The number of halogens is 1. The fourth-order valence-corrected chi connectivity index (χ4v) is 3.60. The van der Waals surface area contributed by atoms with E-state index in [-0.39, 0.29) is 5.91 Å². The molecule has 0 bridgehead atoms. The summed E-state index contributed by atoms with van der Waals surface area (Å²) in [7, 11) is -3.36. The van der Waals surface area contributed by atoms with Gasteiger partial charge in [0.2, 0.25) is 10.0 Å². The smallest absolute Gasteiger partial charge is 0.256 e. The van der Waals surface area contributed by atoms with E-state index >= 15 is 0 Å². The van der Waals surface area contributed by atoms with Crippen molar-refractivity contribution in [3.05, 3.63) is 58.1 Å². The Morgan fingerprint density at radius 3 is 2.62 bits per heavy atom. The van der Waals surface area contributed by atoms with E-state index < -0.39 is 10.0 Å². The Labute approximate surface area is 149 Å². The molecule has 3 rings (SSSR count). The summed E-state index contributed by atoms with van der Waals surface area (Å²) in [5.74, 6) is -0.165. The number of carbonyl (C=O) groups is 1. The Balaban J connectivity index is 2.10. The zero-order chi connectivity index (χ0) is 17.5. The van der Waals surface area contributed by atoms with E-state index in [4.69, 9.17) is 0 Å². The Hall–Kier alpha value is -2.12. The number of amides is 1. The molecule has 1 aliphatic rings. The summed E-state index contributed by atoms with van der Waals surface area (Å²) >= 11 is 3.42. The number of hydrogen-bond acceptors (Lipinski definition) is 3. The van der Waals surface area contributed by atoms with Gasteiger partial charge in [0.05, 0.1) is 11.8 Å².